The number of hydrogen-bond acceptors (Lipinski definition) is 5. The highest BCUT2D eigenvalue weighted by Gasteiger charge is 2.41. The molecule has 1 unspecified atom stereocenters. The predicted molar refractivity (Wildman–Crippen MR) is 116 cm³/mol. The topological polar surface area (TPSA) is 98.9 Å². The number of aliphatic carboxylic acids is 1. The molecule has 0 saturated carbocycles. The molecule has 158 valence electrons. The van der Waals surface area contributed by atoms with Crippen LogP contribution in [-0.4, -0.2) is 30.8 Å². The van der Waals surface area contributed by atoms with E-state index in [0.29, 0.717) is 11.3 Å². The maximum atomic E-state index is 13.1. The lowest BCUT2D eigenvalue weighted by Crippen LogP contribution is -2.48. The van der Waals surface area contributed by atoms with Gasteiger partial charge in [-0.3, -0.25) is 4.79 Å². The number of carboxylic acid groups (broad SMARTS) is 1. The van der Waals surface area contributed by atoms with Crippen LogP contribution in [-0.2, 0) is 19.9 Å². The molecule has 0 bridgehead atoms. The van der Waals surface area contributed by atoms with E-state index in [1.54, 1.807) is 24.3 Å². The van der Waals surface area contributed by atoms with Crippen molar-refractivity contribution in [2.24, 2.45) is 5.73 Å². The highest BCUT2D eigenvalue weighted by Crippen LogP contribution is 2.44. The van der Waals surface area contributed by atoms with Crippen molar-refractivity contribution < 1.29 is 24.2 Å². The first-order valence-electron chi connectivity index (χ1n) is 9.94. The summed E-state index contributed by atoms with van der Waals surface area (Å²) in [5, 5.41) is 9.41. The highest BCUT2D eigenvalue weighted by atomic mass is 16.5. The molecule has 3 aromatic rings. The second-order valence-electron chi connectivity index (χ2n) is 7.60. The van der Waals surface area contributed by atoms with Gasteiger partial charge in [-0.05, 0) is 39.9 Å². The molecule has 0 heterocycles. The molecule has 0 spiro atoms. The molecule has 1 aliphatic rings. The summed E-state index contributed by atoms with van der Waals surface area (Å²) >= 11 is 0. The van der Waals surface area contributed by atoms with Crippen LogP contribution in [0.5, 0.6) is 5.75 Å². The zero-order valence-electron chi connectivity index (χ0n) is 17.1. The van der Waals surface area contributed by atoms with Gasteiger partial charge < -0.3 is 20.3 Å². The second kappa shape index (κ2) is 8.24. The van der Waals surface area contributed by atoms with Crippen LogP contribution in [0.4, 0.5) is 0 Å². The first kappa shape index (κ1) is 20.6. The van der Waals surface area contributed by atoms with E-state index in [1.165, 1.54) is 7.11 Å². The molecule has 0 radical (unpaired) electrons. The molecular weight excluding hydrogens is 394 g/mol. The number of ether oxygens (including phenoxy) is 2. The van der Waals surface area contributed by atoms with Gasteiger partial charge in [0.25, 0.3) is 0 Å². The molecule has 31 heavy (non-hydrogen) atoms. The number of carbonyl (C=O) groups excluding carboxylic acids is 1. The van der Waals surface area contributed by atoms with Crippen molar-refractivity contribution >= 4 is 11.9 Å². The van der Waals surface area contributed by atoms with Gasteiger partial charge >= 0.3 is 11.9 Å². The summed E-state index contributed by atoms with van der Waals surface area (Å²) in [6.07, 6.45) is -0.600. The first-order valence-corrected chi connectivity index (χ1v) is 9.94. The Labute approximate surface area is 180 Å². The molecule has 3 aromatic carbocycles. The Bertz CT molecular complexity index is 1100. The maximum absolute atomic E-state index is 13.1. The first-order chi connectivity index (χ1) is 14.9. The molecule has 1 aliphatic carbocycles. The fourth-order valence-electron chi connectivity index (χ4n) is 4.16. The zero-order valence-corrected chi connectivity index (χ0v) is 17.1. The summed E-state index contributed by atoms with van der Waals surface area (Å²) in [7, 11) is 1.49. The Kier molecular flexibility index (Phi) is 5.48. The van der Waals surface area contributed by atoms with Crippen LogP contribution in [0.2, 0.25) is 0 Å². The van der Waals surface area contributed by atoms with Crippen molar-refractivity contribution in [1.29, 1.82) is 0 Å². The van der Waals surface area contributed by atoms with Gasteiger partial charge in [-0.1, -0.05) is 60.7 Å². The average molecular weight is 417 g/mol. The van der Waals surface area contributed by atoms with Crippen LogP contribution in [0.15, 0.2) is 72.8 Å². The third kappa shape index (κ3) is 3.78. The van der Waals surface area contributed by atoms with Gasteiger partial charge in [0.1, 0.15) is 12.4 Å². The van der Waals surface area contributed by atoms with E-state index < -0.39 is 23.9 Å². The lowest BCUT2D eigenvalue weighted by atomic mass is 9.87. The Morgan fingerprint density at radius 3 is 2.16 bits per heavy atom. The van der Waals surface area contributed by atoms with Crippen molar-refractivity contribution in [3.8, 4) is 16.9 Å². The fourth-order valence-corrected chi connectivity index (χ4v) is 4.16. The lowest BCUT2D eigenvalue weighted by Gasteiger charge is -2.27. The molecular formula is C25H23NO5. The summed E-state index contributed by atoms with van der Waals surface area (Å²) in [4.78, 5) is 24.6. The number of hydrogen-bond donors (Lipinski definition) is 2. The SMILES string of the molecule is COc1cccc(C(N)(CC(=O)O)C(=O)OCC2c3ccccc3-c3ccccc32)c1. The number of carbonyl (C=O) groups is 2. The van der Waals surface area contributed by atoms with E-state index in [9.17, 15) is 14.7 Å². The Balaban J connectivity index is 1.62. The van der Waals surface area contributed by atoms with Gasteiger partial charge in [-0.2, -0.15) is 0 Å². The second-order valence-corrected chi connectivity index (χ2v) is 7.60. The predicted octanol–water partition coefficient (Wildman–Crippen LogP) is 3.68. The standard InChI is InChI=1S/C25H23NO5/c1-30-17-8-6-7-16(13-17)25(26,14-23(27)28)24(29)31-15-22-20-11-4-2-9-18(20)19-10-3-5-12-21(19)22/h2-13,22H,14-15,26H2,1H3,(H,27,28). The highest BCUT2D eigenvalue weighted by molar-refractivity contribution is 5.88. The van der Waals surface area contributed by atoms with Crippen molar-refractivity contribution in [2.45, 2.75) is 17.9 Å². The monoisotopic (exact) mass is 417 g/mol. The molecule has 0 amide bonds. The van der Waals surface area contributed by atoms with Gasteiger partial charge in [0, 0.05) is 5.92 Å². The van der Waals surface area contributed by atoms with E-state index >= 15 is 0 Å². The summed E-state index contributed by atoms with van der Waals surface area (Å²) in [5.74, 6) is -1.65. The van der Waals surface area contributed by atoms with Crippen molar-refractivity contribution in [3.05, 3.63) is 89.5 Å². The van der Waals surface area contributed by atoms with Crippen LogP contribution in [0, 0.1) is 0 Å². The van der Waals surface area contributed by atoms with Gasteiger partial charge in [-0.25, -0.2) is 4.79 Å². The van der Waals surface area contributed by atoms with Crippen LogP contribution >= 0.6 is 0 Å². The number of methoxy groups -OCH3 is 1. The third-order valence-corrected chi connectivity index (χ3v) is 5.72. The average Bonchev–Trinajstić information content (AvgIpc) is 3.10. The molecule has 0 aromatic heterocycles. The molecule has 6 heteroatoms. The van der Waals surface area contributed by atoms with Gasteiger partial charge in [-0.15, -0.1) is 0 Å². The van der Waals surface area contributed by atoms with Gasteiger partial charge in [0.15, 0.2) is 5.54 Å². The van der Waals surface area contributed by atoms with Crippen LogP contribution in [0.25, 0.3) is 11.1 Å². The number of benzene rings is 3. The van der Waals surface area contributed by atoms with Gasteiger partial charge in [0.2, 0.25) is 0 Å². The number of carboxylic acids is 1. The minimum atomic E-state index is -1.84. The van der Waals surface area contributed by atoms with E-state index in [0.717, 1.165) is 22.3 Å². The number of fused-ring (bicyclic) bond motifs is 3. The Morgan fingerprint density at radius 1 is 0.968 bits per heavy atom. The summed E-state index contributed by atoms with van der Waals surface area (Å²) in [6, 6.07) is 22.5. The van der Waals surface area contributed by atoms with Crippen LogP contribution in [0.3, 0.4) is 0 Å². The maximum Gasteiger partial charge on any atom is 0.331 e. The molecule has 6 nitrogen and oxygen atoms in total. The minimum absolute atomic E-state index is 0.0649. The Morgan fingerprint density at radius 2 is 1.58 bits per heavy atom. The van der Waals surface area contributed by atoms with Gasteiger partial charge in [0.05, 0.1) is 13.5 Å². The lowest BCUT2D eigenvalue weighted by molar-refractivity contribution is -0.155. The number of nitrogens with two attached hydrogens (primary N) is 1. The van der Waals surface area contributed by atoms with Crippen LogP contribution < -0.4 is 10.5 Å². The molecule has 0 fully saturated rings. The molecule has 0 aliphatic heterocycles. The number of esters is 1. The molecule has 4 rings (SSSR count). The van der Waals surface area contributed by atoms with E-state index in [2.05, 4.69) is 0 Å². The summed E-state index contributed by atoms with van der Waals surface area (Å²) < 4.78 is 10.9. The smallest absolute Gasteiger partial charge is 0.331 e. The summed E-state index contributed by atoms with van der Waals surface area (Å²) in [6.45, 7) is 0.0649. The fraction of sp³-hybridized carbons (Fsp3) is 0.200. The van der Waals surface area contributed by atoms with Crippen molar-refractivity contribution in [2.75, 3.05) is 13.7 Å². The van der Waals surface area contributed by atoms with E-state index in [4.69, 9.17) is 15.2 Å². The minimum Gasteiger partial charge on any atom is -0.497 e. The molecule has 1 atom stereocenters. The third-order valence-electron chi connectivity index (χ3n) is 5.72. The zero-order chi connectivity index (χ0) is 22.0. The van der Waals surface area contributed by atoms with E-state index in [1.807, 2.05) is 48.5 Å². The quantitative estimate of drug-likeness (QED) is 0.569. The van der Waals surface area contributed by atoms with Crippen LogP contribution in [0.1, 0.15) is 29.0 Å². The normalized spacial score (nSPS) is 14.3. The number of rotatable bonds is 7. The van der Waals surface area contributed by atoms with Crippen molar-refractivity contribution in [1.82, 2.24) is 0 Å². The molecule has 0 saturated heterocycles. The largest absolute Gasteiger partial charge is 0.497 e. The Hall–Kier alpha value is -3.64. The van der Waals surface area contributed by atoms with Crippen molar-refractivity contribution in [3.63, 3.8) is 0 Å². The molecule has 3 N–H and O–H groups in total. The summed E-state index contributed by atoms with van der Waals surface area (Å²) in [5.41, 5.74) is 9.19. The van der Waals surface area contributed by atoms with E-state index in [-0.39, 0.29) is 12.5 Å².